The molecule has 3 nitrogen and oxygen atoms in total. The topological polar surface area (TPSA) is 32.5 Å². The molecule has 0 atom stereocenters. The fraction of sp³-hybridized carbons (Fsp3) is 0.462. The molecule has 1 aromatic rings. The molecule has 116 valence electrons. The van der Waals surface area contributed by atoms with Crippen LogP contribution in [0.25, 0.3) is 0 Å². The molecule has 1 saturated heterocycles. The number of benzene rings is 1. The zero-order valence-corrected chi connectivity index (χ0v) is 12.0. The highest BCUT2D eigenvalue weighted by Gasteiger charge is 2.32. The lowest BCUT2D eigenvalue weighted by atomic mass is 10.1. The second-order valence-corrected chi connectivity index (χ2v) is 5.34. The molecule has 8 heteroatoms. The monoisotopic (exact) mass is 321 g/mol. The first kappa shape index (κ1) is 16.0. The van der Waals surface area contributed by atoms with Crippen molar-refractivity contribution in [1.29, 1.82) is 0 Å². The van der Waals surface area contributed by atoms with E-state index in [1.165, 1.54) is 17.0 Å². The lowest BCUT2D eigenvalue weighted by Gasteiger charge is -2.37. The Labute approximate surface area is 125 Å². The predicted molar refractivity (Wildman–Crippen MR) is 77.0 cm³/mol. The first-order chi connectivity index (χ1) is 9.76. The van der Waals surface area contributed by atoms with Crippen LogP contribution in [-0.4, -0.2) is 48.8 Å². The molecule has 0 unspecified atom stereocenters. The van der Waals surface area contributed by atoms with E-state index in [-0.39, 0.29) is 18.1 Å². The molecule has 2 N–H and O–H groups in total. The number of alkyl halides is 3. The lowest BCUT2D eigenvalue weighted by molar-refractivity contribution is -0.146. The van der Waals surface area contributed by atoms with Crippen LogP contribution in [0.4, 0.5) is 23.2 Å². The summed E-state index contributed by atoms with van der Waals surface area (Å²) < 4.78 is 50.3. The maximum atomic E-state index is 13.3. The summed E-state index contributed by atoms with van der Waals surface area (Å²) in [6, 6.07) is 4.10. The molecule has 0 aromatic heterocycles. The molecule has 1 fully saturated rings. The number of nitrogens with zero attached hydrogens (tertiary/aromatic N) is 2. The van der Waals surface area contributed by atoms with E-state index < -0.39 is 18.5 Å². The summed E-state index contributed by atoms with van der Waals surface area (Å²) in [5, 5.41) is 0. The maximum Gasteiger partial charge on any atom is 0.401 e. The third kappa shape index (κ3) is 4.28. The van der Waals surface area contributed by atoms with Crippen molar-refractivity contribution in [3.8, 4) is 0 Å². The van der Waals surface area contributed by atoms with Crippen molar-refractivity contribution in [1.82, 2.24) is 4.90 Å². The minimum absolute atomic E-state index is 0.0715. The largest absolute Gasteiger partial charge is 0.401 e. The molecule has 0 bridgehead atoms. The number of halogens is 4. The summed E-state index contributed by atoms with van der Waals surface area (Å²) in [4.78, 5) is 3.29. The fourth-order valence-corrected chi connectivity index (χ4v) is 2.55. The number of piperazine rings is 1. The zero-order valence-electron chi connectivity index (χ0n) is 11.2. The molecular formula is C13H15F4N3S. The molecule has 0 aliphatic carbocycles. The summed E-state index contributed by atoms with van der Waals surface area (Å²) in [5.41, 5.74) is 6.65. The number of hydrogen-bond donors (Lipinski definition) is 1. The molecule has 0 amide bonds. The minimum atomic E-state index is -4.19. The van der Waals surface area contributed by atoms with Gasteiger partial charge in [-0.3, -0.25) is 4.90 Å². The second-order valence-electron chi connectivity index (χ2n) is 4.90. The van der Waals surface area contributed by atoms with Gasteiger partial charge in [-0.2, -0.15) is 13.2 Å². The average Bonchev–Trinajstić information content (AvgIpc) is 2.38. The van der Waals surface area contributed by atoms with Crippen LogP contribution in [0.2, 0.25) is 0 Å². The summed E-state index contributed by atoms with van der Waals surface area (Å²) in [7, 11) is 0. The van der Waals surface area contributed by atoms with Gasteiger partial charge in [-0.25, -0.2) is 4.39 Å². The Balaban J connectivity index is 2.07. The summed E-state index contributed by atoms with van der Waals surface area (Å²) in [6.07, 6.45) is -4.19. The van der Waals surface area contributed by atoms with Gasteiger partial charge in [0.15, 0.2) is 0 Å². The van der Waals surface area contributed by atoms with E-state index in [4.69, 9.17) is 18.0 Å². The molecule has 1 heterocycles. The average molecular weight is 321 g/mol. The molecule has 21 heavy (non-hydrogen) atoms. The molecule has 2 rings (SSSR count). The van der Waals surface area contributed by atoms with Gasteiger partial charge in [0.05, 0.1) is 6.54 Å². The van der Waals surface area contributed by atoms with E-state index in [0.29, 0.717) is 24.3 Å². The van der Waals surface area contributed by atoms with E-state index in [2.05, 4.69) is 0 Å². The fourth-order valence-electron chi connectivity index (χ4n) is 2.38. The maximum absolute atomic E-state index is 13.3. The van der Waals surface area contributed by atoms with Crippen molar-refractivity contribution in [2.75, 3.05) is 37.6 Å². The van der Waals surface area contributed by atoms with Crippen LogP contribution < -0.4 is 10.6 Å². The highest BCUT2D eigenvalue weighted by molar-refractivity contribution is 7.80. The summed E-state index contributed by atoms with van der Waals surface area (Å²) >= 11 is 4.90. The van der Waals surface area contributed by atoms with Crippen LogP contribution in [0.5, 0.6) is 0 Å². The molecule has 0 spiro atoms. The van der Waals surface area contributed by atoms with Gasteiger partial charge in [0.2, 0.25) is 0 Å². The Kier molecular flexibility index (Phi) is 4.67. The smallest absolute Gasteiger partial charge is 0.389 e. The van der Waals surface area contributed by atoms with Gasteiger partial charge < -0.3 is 10.6 Å². The standard InChI is InChI=1S/C13H15F4N3S/c14-9-1-2-11(10(7-9)12(18)21)20-5-3-19(4-6-20)8-13(15,16)17/h1-2,7H,3-6,8H2,(H2,18,21). The molecule has 1 aromatic carbocycles. The van der Waals surface area contributed by atoms with E-state index in [0.717, 1.165) is 0 Å². The predicted octanol–water partition coefficient (Wildman–Crippen LogP) is 2.14. The first-order valence-electron chi connectivity index (χ1n) is 6.40. The van der Waals surface area contributed by atoms with Gasteiger partial charge in [0.25, 0.3) is 0 Å². The van der Waals surface area contributed by atoms with Gasteiger partial charge in [-0.1, -0.05) is 12.2 Å². The second kappa shape index (κ2) is 6.15. The SMILES string of the molecule is NC(=S)c1cc(F)ccc1N1CCN(CC(F)(F)F)CC1. The summed E-state index contributed by atoms with van der Waals surface area (Å²) in [5.74, 6) is -0.447. The Hall–Kier alpha value is -1.41. The number of nitrogens with two attached hydrogens (primary N) is 1. The van der Waals surface area contributed by atoms with Crippen molar-refractivity contribution in [3.05, 3.63) is 29.6 Å². The van der Waals surface area contributed by atoms with E-state index in [1.54, 1.807) is 6.07 Å². The Morgan fingerprint density at radius 2 is 1.81 bits per heavy atom. The quantitative estimate of drug-likeness (QED) is 0.683. The van der Waals surface area contributed by atoms with Gasteiger partial charge >= 0.3 is 6.18 Å². The lowest BCUT2D eigenvalue weighted by Crippen LogP contribution is -2.49. The van der Waals surface area contributed by atoms with Crippen LogP contribution in [0, 0.1) is 5.82 Å². The van der Waals surface area contributed by atoms with Crippen molar-refractivity contribution in [2.45, 2.75) is 6.18 Å². The molecule has 0 saturated carbocycles. The van der Waals surface area contributed by atoms with Crippen molar-refractivity contribution in [3.63, 3.8) is 0 Å². The highest BCUT2D eigenvalue weighted by Crippen LogP contribution is 2.24. The van der Waals surface area contributed by atoms with E-state index in [1.807, 2.05) is 4.90 Å². The Bertz CT molecular complexity index is 525. The third-order valence-corrected chi connectivity index (χ3v) is 3.56. The zero-order chi connectivity index (χ0) is 15.6. The van der Waals surface area contributed by atoms with Crippen LogP contribution in [0.3, 0.4) is 0 Å². The van der Waals surface area contributed by atoms with Crippen LogP contribution in [0.15, 0.2) is 18.2 Å². The first-order valence-corrected chi connectivity index (χ1v) is 6.80. The number of thiocarbonyl (C=S) groups is 1. The number of anilines is 1. The van der Waals surface area contributed by atoms with Crippen molar-refractivity contribution >= 4 is 22.9 Å². The summed E-state index contributed by atoms with van der Waals surface area (Å²) in [6.45, 7) is 0.488. The Morgan fingerprint density at radius 3 is 2.33 bits per heavy atom. The van der Waals surface area contributed by atoms with Gasteiger partial charge in [0.1, 0.15) is 10.8 Å². The normalized spacial score (nSPS) is 17.0. The van der Waals surface area contributed by atoms with Crippen molar-refractivity contribution in [2.24, 2.45) is 5.73 Å². The van der Waals surface area contributed by atoms with Crippen LogP contribution >= 0.6 is 12.2 Å². The third-order valence-electron chi connectivity index (χ3n) is 3.34. The van der Waals surface area contributed by atoms with Crippen LogP contribution in [0.1, 0.15) is 5.56 Å². The van der Waals surface area contributed by atoms with Gasteiger partial charge in [-0.15, -0.1) is 0 Å². The van der Waals surface area contributed by atoms with Gasteiger partial charge in [0, 0.05) is 37.4 Å². The minimum Gasteiger partial charge on any atom is -0.389 e. The van der Waals surface area contributed by atoms with Crippen LogP contribution in [-0.2, 0) is 0 Å². The number of hydrogen-bond acceptors (Lipinski definition) is 3. The Morgan fingerprint density at radius 1 is 1.19 bits per heavy atom. The molecule has 0 radical (unpaired) electrons. The van der Waals surface area contributed by atoms with Gasteiger partial charge in [-0.05, 0) is 18.2 Å². The highest BCUT2D eigenvalue weighted by atomic mass is 32.1. The molecule has 1 aliphatic heterocycles. The molecule has 1 aliphatic rings. The van der Waals surface area contributed by atoms with E-state index in [9.17, 15) is 17.6 Å². The number of rotatable bonds is 3. The molecular weight excluding hydrogens is 306 g/mol. The van der Waals surface area contributed by atoms with Crippen molar-refractivity contribution < 1.29 is 17.6 Å². The van der Waals surface area contributed by atoms with E-state index >= 15 is 0 Å².